The SMILES string of the molecule is CC(C)C(N)c1n[nH]c(COc2ccc(C(C)(C)C)cc2)n1. The van der Waals surface area contributed by atoms with Gasteiger partial charge in [-0.1, -0.05) is 46.8 Å². The summed E-state index contributed by atoms with van der Waals surface area (Å²) in [5.74, 6) is 2.44. The first-order valence-corrected chi connectivity index (χ1v) is 7.67. The molecular weight excluding hydrogens is 276 g/mol. The lowest BCUT2D eigenvalue weighted by Crippen LogP contribution is -2.18. The van der Waals surface area contributed by atoms with Gasteiger partial charge in [0, 0.05) is 0 Å². The van der Waals surface area contributed by atoms with Crippen LogP contribution in [0.4, 0.5) is 0 Å². The van der Waals surface area contributed by atoms with Crippen LogP contribution in [0.1, 0.15) is 57.9 Å². The van der Waals surface area contributed by atoms with Crippen LogP contribution in [0.2, 0.25) is 0 Å². The largest absolute Gasteiger partial charge is 0.486 e. The van der Waals surface area contributed by atoms with E-state index in [1.54, 1.807) is 0 Å². The van der Waals surface area contributed by atoms with Gasteiger partial charge in [0.05, 0.1) is 6.04 Å². The standard InChI is InChI=1S/C17H26N4O/c1-11(2)15(18)16-19-14(20-21-16)10-22-13-8-6-12(7-9-13)17(3,4)5/h6-9,11,15H,10,18H2,1-5H3,(H,19,20,21). The second-order valence-electron chi connectivity index (χ2n) is 6.97. The van der Waals surface area contributed by atoms with Gasteiger partial charge in [0.25, 0.3) is 0 Å². The summed E-state index contributed by atoms with van der Waals surface area (Å²) in [6, 6.07) is 8.00. The van der Waals surface area contributed by atoms with Gasteiger partial charge in [-0.15, -0.1) is 0 Å². The lowest BCUT2D eigenvalue weighted by Gasteiger charge is -2.19. The van der Waals surface area contributed by atoms with E-state index in [4.69, 9.17) is 10.5 Å². The van der Waals surface area contributed by atoms with E-state index in [-0.39, 0.29) is 11.5 Å². The van der Waals surface area contributed by atoms with E-state index >= 15 is 0 Å². The van der Waals surface area contributed by atoms with Crippen molar-refractivity contribution in [3.63, 3.8) is 0 Å². The third-order valence-corrected chi connectivity index (χ3v) is 3.66. The number of benzene rings is 1. The van der Waals surface area contributed by atoms with Crippen LogP contribution in [0.15, 0.2) is 24.3 Å². The minimum atomic E-state index is -0.156. The van der Waals surface area contributed by atoms with Crippen molar-refractivity contribution in [2.24, 2.45) is 11.7 Å². The molecule has 2 aromatic rings. The highest BCUT2D eigenvalue weighted by atomic mass is 16.5. The zero-order valence-electron chi connectivity index (χ0n) is 14.1. The second-order valence-corrected chi connectivity index (χ2v) is 6.97. The van der Waals surface area contributed by atoms with Crippen LogP contribution in [0.25, 0.3) is 0 Å². The fourth-order valence-corrected chi connectivity index (χ4v) is 2.02. The molecule has 0 saturated carbocycles. The maximum absolute atomic E-state index is 6.03. The zero-order valence-corrected chi connectivity index (χ0v) is 14.1. The van der Waals surface area contributed by atoms with Crippen molar-refractivity contribution in [2.75, 3.05) is 0 Å². The van der Waals surface area contributed by atoms with E-state index in [1.165, 1.54) is 5.56 Å². The third-order valence-electron chi connectivity index (χ3n) is 3.66. The Hall–Kier alpha value is -1.88. The predicted molar refractivity (Wildman–Crippen MR) is 87.6 cm³/mol. The molecule has 5 heteroatoms. The molecule has 0 aliphatic rings. The van der Waals surface area contributed by atoms with E-state index < -0.39 is 0 Å². The van der Waals surface area contributed by atoms with Crippen LogP contribution in [0.3, 0.4) is 0 Å². The molecule has 1 aromatic heterocycles. The molecule has 22 heavy (non-hydrogen) atoms. The summed E-state index contributed by atoms with van der Waals surface area (Å²) in [5, 5.41) is 7.04. The first-order chi connectivity index (χ1) is 10.3. The molecule has 2 rings (SSSR count). The Labute approximate surface area is 132 Å². The van der Waals surface area contributed by atoms with E-state index in [9.17, 15) is 0 Å². The highest BCUT2D eigenvalue weighted by Gasteiger charge is 2.16. The van der Waals surface area contributed by atoms with Gasteiger partial charge in [-0.2, -0.15) is 5.10 Å². The third kappa shape index (κ3) is 4.07. The summed E-state index contributed by atoms with van der Waals surface area (Å²) in [7, 11) is 0. The second kappa shape index (κ2) is 6.48. The monoisotopic (exact) mass is 302 g/mol. The molecule has 0 saturated heterocycles. The number of H-pyrrole nitrogens is 1. The first kappa shape index (κ1) is 16.5. The fraction of sp³-hybridized carbons (Fsp3) is 0.529. The molecule has 0 aliphatic carbocycles. The summed E-state index contributed by atoms with van der Waals surface area (Å²) >= 11 is 0. The van der Waals surface area contributed by atoms with E-state index in [0.29, 0.717) is 24.2 Å². The van der Waals surface area contributed by atoms with Crippen LogP contribution in [-0.4, -0.2) is 15.2 Å². The maximum Gasteiger partial charge on any atom is 0.167 e. The number of aromatic amines is 1. The number of nitrogens with two attached hydrogens (primary N) is 1. The minimum absolute atomic E-state index is 0.144. The van der Waals surface area contributed by atoms with Crippen molar-refractivity contribution in [2.45, 2.75) is 52.7 Å². The molecule has 1 atom stereocenters. The molecule has 0 amide bonds. The van der Waals surface area contributed by atoms with E-state index in [1.807, 2.05) is 26.0 Å². The van der Waals surface area contributed by atoms with Gasteiger partial charge in [0.1, 0.15) is 12.4 Å². The van der Waals surface area contributed by atoms with E-state index in [0.717, 1.165) is 5.75 Å². The van der Waals surface area contributed by atoms with Crippen molar-refractivity contribution >= 4 is 0 Å². The number of nitrogens with zero attached hydrogens (tertiary/aromatic N) is 2. The predicted octanol–water partition coefficient (Wildman–Crippen LogP) is 3.34. The number of rotatable bonds is 5. The number of nitrogens with one attached hydrogen (secondary N) is 1. The smallest absolute Gasteiger partial charge is 0.167 e. The number of hydrogen-bond acceptors (Lipinski definition) is 4. The first-order valence-electron chi connectivity index (χ1n) is 7.67. The molecule has 0 fully saturated rings. The topological polar surface area (TPSA) is 76.8 Å². The summed E-state index contributed by atoms with van der Waals surface area (Å²) in [6.07, 6.45) is 0. The van der Waals surface area contributed by atoms with Gasteiger partial charge in [0.2, 0.25) is 0 Å². The van der Waals surface area contributed by atoms with E-state index in [2.05, 4.69) is 48.1 Å². The average molecular weight is 302 g/mol. The Bertz CT molecular complexity index is 596. The molecule has 0 aliphatic heterocycles. The molecule has 1 aromatic carbocycles. The average Bonchev–Trinajstić information content (AvgIpc) is 2.92. The summed E-state index contributed by atoms with van der Waals surface area (Å²) in [5.41, 5.74) is 7.46. The Kier molecular flexibility index (Phi) is 4.86. The van der Waals surface area contributed by atoms with Crippen molar-refractivity contribution < 1.29 is 4.74 Å². The molecule has 1 unspecified atom stereocenters. The molecule has 3 N–H and O–H groups in total. The molecule has 0 spiro atoms. The Morgan fingerprint density at radius 3 is 2.36 bits per heavy atom. The van der Waals surface area contributed by atoms with Crippen LogP contribution >= 0.6 is 0 Å². The number of ether oxygens (including phenoxy) is 1. The quantitative estimate of drug-likeness (QED) is 0.888. The highest BCUT2D eigenvalue weighted by Crippen LogP contribution is 2.24. The lowest BCUT2D eigenvalue weighted by molar-refractivity contribution is 0.296. The number of hydrogen-bond donors (Lipinski definition) is 2. The zero-order chi connectivity index (χ0) is 16.3. The normalized spacial score (nSPS) is 13.4. The van der Waals surface area contributed by atoms with Gasteiger partial charge >= 0.3 is 0 Å². The van der Waals surface area contributed by atoms with Crippen LogP contribution in [0, 0.1) is 5.92 Å². The molecule has 5 nitrogen and oxygen atoms in total. The van der Waals surface area contributed by atoms with Crippen molar-refractivity contribution in [3.8, 4) is 5.75 Å². The van der Waals surface area contributed by atoms with Crippen LogP contribution in [0.5, 0.6) is 5.75 Å². The van der Waals surface area contributed by atoms with Gasteiger partial charge < -0.3 is 10.5 Å². The summed E-state index contributed by atoms with van der Waals surface area (Å²) in [6.45, 7) is 11.0. The van der Waals surface area contributed by atoms with Crippen LogP contribution < -0.4 is 10.5 Å². The van der Waals surface area contributed by atoms with Gasteiger partial charge in [0.15, 0.2) is 11.6 Å². The molecular formula is C17H26N4O. The molecule has 0 radical (unpaired) electrons. The fourth-order valence-electron chi connectivity index (χ4n) is 2.02. The summed E-state index contributed by atoms with van der Waals surface area (Å²) < 4.78 is 5.74. The summed E-state index contributed by atoms with van der Waals surface area (Å²) in [4.78, 5) is 4.39. The number of aromatic nitrogens is 3. The Morgan fingerprint density at radius 1 is 1.18 bits per heavy atom. The van der Waals surface area contributed by atoms with Crippen molar-refractivity contribution in [1.29, 1.82) is 0 Å². The molecule has 120 valence electrons. The molecule has 0 bridgehead atoms. The Balaban J connectivity index is 1.96. The lowest BCUT2D eigenvalue weighted by atomic mass is 9.87. The van der Waals surface area contributed by atoms with Crippen molar-refractivity contribution in [3.05, 3.63) is 41.5 Å². The van der Waals surface area contributed by atoms with Crippen LogP contribution in [-0.2, 0) is 12.0 Å². The Morgan fingerprint density at radius 2 is 1.82 bits per heavy atom. The van der Waals surface area contributed by atoms with Gasteiger partial charge in [-0.05, 0) is 29.0 Å². The molecule has 1 heterocycles. The van der Waals surface area contributed by atoms with Gasteiger partial charge in [-0.3, -0.25) is 5.10 Å². The minimum Gasteiger partial charge on any atom is -0.486 e. The van der Waals surface area contributed by atoms with Crippen molar-refractivity contribution in [1.82, 2.24) is 15.2 Å². The highest BCUT2D eigenvalue weighted by molar-refractivity contribution is 5.31. The maximum atomic E-state index is 6.03. The van der Waals surface area contributed by atoms with Gasteiger partial charge in [-0.25, -0.2) is 4.98 Å².